The number of carbonyl (C=O) groups is 1. The lowest BCUT2D eigenvalue weighted by Crippen LogP contribution is -2.22. The van der Waals surface area contributed by atoms with Gasteiger partial charge in [-0.15, -0.1) is 0 Å². The van der Waals surface area contributed by atoms with Crippen LogP contribution in [0.4, 0.5) is 0 Å². The first-order valence-electron chi connectivity index (χ1n) is 6.47. The van der Waals surface area contributed by atoms with E-state index in [1.165, 1.54) is 6.33 Å². The molecule has 5 nitrogen and oxygen atoms in total. The fourth-order valence-electron chi connectivity index (χ4n) is 2.05. The average Bonchev–Trinajstić information content (AvgIpc) is 2.90. The Morgan fingerprint density at radius 1 is 1.40 bits per heavy atom. The van der Waals surface area contributed by atoms with Gasteiger partial charge < -0.3 is 4.74 Å². The number of carbonyl (C=O) groups excluding carboxylic acids is 1. The molecule has 1 aromatic carbocycles. The fourth-order valence-corrected chi connectivity index (χ4v) is 2.29. The number of aromatic nitrogens is 3. The number of rotatable bonds is 5. The van der Waals surface area contributed by atoms with Gasteiger partial charge in [-0.25, -0.2) is 9.67 Å². The third kappa shape index (κ3) is 2.82. The number of aryl methyl sites for hydroxylation is 1. The SMILES string of the molecule is CCOC(=O)C(c1ccccc1Cl)c1ncnn1CC. The minimum atomic E-state index is -0.661. The molecule has 1 aromatic heterocycles. The molecule has 0 radical (unpaired) electrons. The molecule has 106 valence electrons. The zero-order valence-electron chi connectivity index (χ0n) is 11.4. The van der Waals surface area contributed by atoms with Crippen molar-refractivity contribution in [2.24, 2.45) is 0 Å². The van der Waals surface area contributed by atoms with E-state index in [0.29, 0.717) is 29.6 Å². The second-order valence-electron chi connectivity index (χ2n) is 4.14. The molecule has 1 heterocycles. The minimum Gasteiger partial charge on any atom is -0.465 e. The number of ether oxygens (including phenoxy) is 1. The molecule has 0 N–H and O–H groups in total. The van der Waals surface area contributed by atoms with Gasteiger partial charge in [0.05, 0.1) is 6.61 Å². The lowest BCUT2D eigenvalue weighted by Gasteiger charge is -2.17. The van der Waals surface area contributed by atoms with Crippen molar-refractivity contribution in [1.29, 1.82) is 0 Å². The highest BCUT2D eigenvalue weighted by Gasteiger charge is 2.30. The standard InChI is InChI=1S/C14H16ClN3O2/c1-3-18-13(16-9-17-18)12(14(19)20-4-2)10-7-5-6-8-11(10)15/h5-9,12H,3-4H2,1-2H3. The van der Waals surface area contributed by atoms with Crippen LogP contribution < -0.4 is 0 Å². The Balaban J connectivity index is 2.51. The van der Waals surface area contributed by atoms with E-state index in [9.17, 15) is 4.79 Å². The van der Waals surface area contributed by atoms with Gasteiger partial charge in [-0.05, 0) is 25.5 Å². The highest BCUT2D eigenvalue weighted by Crippen LogP contribution is 2.30. The van der Waals surface area contributed by atoms with Gasteiger partial charge in [0, 0.05) is 11.6 Å². The van der Waals surface area contributed by atoms with Crippen LogP contribution in [0.5, 0.6) is 0 Å². The molecule has 2 aromatic rings. The Kier molecular flexibility index (Phi) is 4.74. The van der Waals surface area contributed by atoms with Crippen molar-refractivity contribution in [3.05, 3.63) is 47.0 Å². The molecule has 0 fully saturated rings. The lowest BCUT2D eigenvalue weighted by atomic mass is 9.98. The molecule has 0 aliphatic carbocycles. The van der Waals surface area contributed by atoms with E-state index in [1.807, 2.05) is 19.1 Å². The van der Waals surface area contributed by atoms with Crippen molar-refractivity contribution in [3.8, 4) is 0 Å². The maximum atomic E-state index is 12.3. The second-order valence-corrected chi connectivity index (χ2v) is 4.55. The van der Waals surface area contributed by atoms with Crippen LogP contribution in [0.25, 0.3) is 0 Å². The summed E-state index contributed by atoms with van der Waals surface area (Å²) in [4.78, 5) is 16.5. The average molecular weight is 294 g/mol. The molecule has 20 heavy (non-hydrogen) atoms. The molecule has 1 unspecified atom stereocenters. The smallest absolute Gasteiger partial charge is 0.321 e. The number of nitrogens with zero attached hydrogens (tertiary/aromatic N) is 3. The minimum absolute atomic E-state index is 0.306. The van der Waals surface area contributed by atoms with E-state index in [0.717, 1.165) is 0 Å². The monoisotopic (exact) mass is 293 g/mol. The van der Waals surface area contributed by atoms with Crippen LogP contribution in [0.1, 0.15) is 31.2 Å². The summed E-state index contributed by atoms with van der Waals surface area (Å²) >= 11 is 6.21. The first-order chi connectivity index (χ1) is 9.69. The van der Waals surface area contributed by atoms with E-state index in [-0.39, 0.29) is 5.97 Å². The number of halogens is 1. The summed E-state index contributed by atoms with van der Waals surface area (Å²) in [5.74, 6) is -0.492. The van der Waals surface area contributed by atoms with E-state index in [1.54, 1.807) is 23.7 Å². The summed E-state index contributed by atoms with van der Waals surface area (Å²) in [6, 6.07) is 7.20. The zero-order chi connectivity index (χ0) is 14.5. The Morgan fingerprint density at radius 2 is 2.15 bits per heavy atom. The van der Waals surface area contributed by atoms with Crippen molar-refractivity contribution < 1.29 is 9.53 Å². The summed E-state index contributed by atoms with van der Waals surface area (Å²) in [6.45, 7) is 4.63. The van der Waals surface area contributed by atoms with Gasteiger partial charge in [-0.3, -0.25) is 4.79 Å². The first-order valence-corrected chi connectivity index (χ1v) is 6.85. The molecule has 0 saturated heterocycles. The highest BCUT2D eigenvalue weighted by atomic mass is 35.5. The Hall–Kier alpha value is -1.88. The summed E-state index contributed by atoms with van der Waals surface area (Å²) in [5.41, 5.74) is 0.676. The van der Waals surface area contributed by atoms with Gasteiger partial charge in [0.2, 0.25) is 0 Å². The van der Waals surface area contributed by atoms with E-state index in [2.05, 4.69) is 10.1 Å². The Labute approximate surface area is 122 Å². The molecule has 6 heteroatoms. The molecule has 0 aliphatic heterocycles. The number of hydrogen-bond donors (Lipinski definition) is 0. The Bertz CT molecular complexity index is 598. The number of esters is 1. The fraction of sp³-hybridized carbons (Fsp3) is 0.357. The molecule has 0 bridgehead atoms. The summed E-state index contributed by atoms with van der Waals surface area (Å²) < 4.78 is 6.83. The summed E-state index contributed by atoms with van der Waals surface area (Å²) in [5, 5.41) is 4.62. The van der Waals surface area contributed by atoms with Crippen molar-refractivity contribution in [2.45, 2.75) is 26.3 Å². The molecule has 1 atom stereocenters. The maximum Gasteiger partial charge on any atom is 0.321 e. The van der Waals surface area contributed by atoms with Crippen LogP contribution in [-0.4, -0.2) is 27.3 Å². The zero-order valence-corrected chi connectivity index (χ0v) is 12.2. The van der Waals surface area contributed by atoms with Crippen LogP contribution in [0, 0.1) is 0 Å². The van der Waals surface area contributed by atoms with Gasteiger partial charge >= 0.3 is 5.97 Å². The van der Waals surface area contributed by atoms with E-state index < -0.39 is 5.92 Å². The van der Waals surface area contributed by atoms with Crippen molar-refractivity contribution in [2.75, 3.05) is 6.61 Å². The molecule has 2 rings (SSSR count). The van der Waals surface area contributed by atoms with E-state index in [4.69, 9.17) is 16.3 Å². The van der Waals surface area contributed by atoms with Gasteiger partial charge in [0.1, 0.15) is 18.1 Å². The lowest BCUT2D eigenvalue weighted by molar-refractivity contribution is -0.144. The highest BCUT2D eigenvalue weighted by molar-refractivity contribution is 6.31. The predicted molar refractivity (Wildman–Crippen MR) is 75.6 cm³/mol. The molecule has 0 amide bonds. The van der Waals surface area contributed by atoms with Crippen LogP contribution >= 0.6 is 11.6 Å². The van der Waals surface area contributed by atoms with Crippen molar-refractivity contribution in [1.82, 2.24) is 14.8 Å². The molecule has 0 aliphatic rings. The van der Waals surface area contributed by atoms with Crippen LogP contribution in [0.15, 0.2) is 30.6 Å². The molecular weight excluding hydrogens is 278 g/mol. The third-order valence-electron chi connectivity index (χ3n) is 2.94. The van der Waals surface area contributed by atoms with Crippen LogP contribution in [0.2, 0.25) is 5.02 Å². The van der Waals surface area contributed by atoms with Crippen LogP contribution in [0.3, 0.4) is 0 Å². The number of benzene rings is 1. The van der Waals surface area contributed by atoms with Crippen LogP contribution in [-0.2, 0) is 16.1 Å². The van der Waals surface area contributed by atoms with Gasteiger partial charge in [0.15, 0.2) is 0 Å². The van der Waals surface area contributed by atoms with Gasteiger partial charge in [0.25, 0.3) is 0 Å². The summed E-state index contributed by atoms with van der Waals surface area (Å²) in [6.07, 6.45) is 1.43. The van der Waals surface area contributed by atoms with E-state index >= 15 is 0 Å². The second kappa shape index (κ2) is 6.52. The molecule has 0 saturated carbocycles. The predicted octanol–water partition coefficient (Wildman–Crippen LogP) is 2.65. The van der Waals surface area contributed by atoms with Gasteiger partial charge in [-0.1, -0.05) is 29.8 Å². The quantitative estimate of drug-likeness (QED) is 0.795. The van der Waals surface area contributed by atoms with Gasteiger partial charge in [-0.2, -0.15) is 5.10 Å². The summed E-state index contributed by atoms with van der Waals surface area (Å²) in [7, 11) is 0. The topological polar surface area (TPSA) is 57.0 Å². The maximum absolute atomic E-state index is 12.3. The largest absolute Gasteiger partial charge is 0.465 e. The third-order valence-corrected chi connectivity index (χ3v) is 3.29. The molecule has 0 spiro atoms. The Morgan fingerprint density at radius 3 is 2.80 bits per heavy atom. The normalized spacial score (nSPS) is 12.2. The van der Waals surface area contributed by atoms with Crippen molar-refractivity contribution in [3.63, 3.8) is 0 Å². The molecular formula is C14H16ClN3O2. The number of hydrogen-bond acceptors (Lipinski definition) is 4. The van der Waals surface area contributed by atoms with Crippen molar-refractivity contribution >= 4 is 17.6 Å². The first kappa shape index (κ1) is 14.5.